The maximum absolute atomic E-state index is 13.7. The van der Waals surface area contributed by atoms with Gasteiger partial charge in [-0.3, -0.25) is 9.59 Å². The quantitative estimate of drug-likeness (QED) is 0.511. The molecule has 2 aromatic carbocycles. The van der Waals surface area contributed by atoms with Gasteiger partial charge in [0.05, 0.1) is 22.5 Å². The van der Waals surface area contributed by atoms with Crippen LogP contribution in [0, 0.1) is 18.8 Å². The fraction of sp³-hybridized carbons (Fsp3) is 0.346. The molecule has 2 amide bonds. The van der Waals surface area contributed by atoms with Gasteiger partial charge in [0.1, 0.15) is 11.4 Å². The molecule has 1 aliphatic carbocycles. The average molecular weight is 538 g/mol. The fourth-order valence-corrected chi connectivity index (χ4v) is 6.48. The molecule has 8 heteroatoms. The number of hydrogen-bond donors (Lipinski definition) is 1. The number of benzene rings is 2. The number of hydrogen-bond acceptors (Lipinski definition) is 5. The van der Waals surface area contributed by atoms with Crippen LogP contribution in [0.25, 0.3) is 10.4 Å². The van der Waals surface area contributed by atoms with Gasteiger partial charge in [-0.15, -0.1) is 11.3 Å². The van der Waals surface area contributed by atoms with E-state index < -0.39 is 0 Å². The number of aromatic nitrogens is 1. The Balaban J connectivity index is 1.21. The van der Waals surface area contributed by atoms with Crippen LogP contribution in [0.15, 0.2) is 46.9 Å². The van der Waals surface area contributed by atoms with Gasteiger partial charge in [-0.2, -0.15) is 0 Å². The molecule has 2 fully saturated rings. The summed E-state index contributed by atoms with van der Waals surface area (Å²) >= 11 is 5.02. The van der Waals surface area contributed by atoms with Crippen LogP contribution in [0.3, 0.4) is 0 Å². The van der Waals surface area contributed by atoms with Crippen molar-refractivity contribution in [3.05, 3.63) is 68.8 Å². The largest absolute Gasteiger partial charge is 0.493 e. The lowest BCUT2D eigenvalue weighted by Crippen LogP contribution is -2.45. The highest BCUT2D eigenvalue weighted by atomic mass is 79.9. The molecule has 6 nitrogen and oxygen atoms in total. The lowest BCUT2D eigenvalue weighted by atomic mass is 10.0. The minimum absolute atomic E-state index is 0.00534. The molecular weight excluding hydrogens is 514 g/mol. The number of likely N-dealkylation sites (tertiary alicyclic amines) is 1. The third-order valence-corrected chi connectivity index (χ3v) is 8.61. The molecule has 1 saturated carbocycles. The first-order valence-electron chi connectivity index (χ1n) is 11.6. The van der Waals surface area contributed by atoms with E-state index in [2.05, 4.69) is 26.2 Å². The van der Waals surface area contributed by atoms with Crippen molar-refractivity contribution < 1.29 is 14.3 Å². The average Bonchev–Trinajstić information content (AvgIpc) is 3.16. The van der Waals surface area contributed by atoms with Crippen LogP contribution in [0.1, 0.15) is 37.8 Å². The highest BCUT2D eigenvalue weighted by Gasteiger charge is 2.54. The van der Waals surface area contributed by atoms with Crippen LogP contribution in [0.2, 0.25) is 0 Å². The summed E-state index contributed by atoms with van der Waals surface area (Å²) in [7, 11) is 0. The highest BCUT2D eigenvalue weighted by molar-refractivity contribution is 9.10. The predicted molar refractivity (Wildman–Crippen MR) is 134 cm³/mol. The van der Waals surface area contributed by atoms with Crippen LogP contribution in [0.5, 0.6) is 5.75 Å². The Morgan fingerprint density at radius 3 is 2.88 bits per heavy atom. The van der Waals surface area contributed by atoms with Crippen molar-refractivity contribution in [2.24, 2.45) is 11.8 Å². The van der Waals surface area contributed by atoms with E-state index in [1.165, 1.54) is 0 Å². The number of carbonyl (C=O) groups excluding carboxylic acids is 2. The molecule has 2 aliphatic heterocycles. The van der Waals surface area contributed by atoms with Gasteiger partial charge in [0.2, 0.25) is 0 Å². The van der Waals surface area contributed by atoms with E-state index >= 15 is 0 Å². The molecule has 3 atom stereocenters. The van der Waals surface area contributed by atoms with E-state index in [0.717, 1.165) is 50.6 Å². The minimum Gasteiger partial charge on any atom is -0.493 e. The van der Waals surface area contributed by atoms with E-state index in [4.69, 9.17) is 4.74 Å². The summed E-state index contributed by atoms with van der Waals surface area (Å²) in [4.78, 5) is 34.2. The summed E-state index contributed by atoms with van der Waals surface area (Å²) in [6, 6.07) is 13.6. The summed E-state index contributed by atoms with van der Waals surface area (Å²) < 4.78 is 6.60. The van der Waals surface area contributed by atoms with E-state index in [1.54, 1.807) is 11.3 Å². The van der Waals surface area contributed by atoms with Crippen LogP contribution in [0.4, 0.5) is 0 Å². The molecule has 3 heterocycles. The van der Waals surface area contributed by atoms with Gasteiger partial charge in [-0.25, -0.2) is 4.98 Å². The van der Waals surface area contributed by atoms with Crippen LogP contribution in [-0.2, 0) is 6.42 Å². The molecule has 0 bridgehead atoms. The summed E-state index contributed by atoms with van der Waals surface area (Å²) in [6.07, 6.45) is 1.87. The summed E-state index contributed by atoms with van der Waals surface area (Å²) in [5.41, 5.74) is 3.15. The van der Waals surface area contributed by atoms with Crippen molar-refractivity contribution in [2.45, 2.75) is 25.8 Å². The molecule has 1 saturated heterocycles. The van der Waals surface area contributed by atoms with E-state index in [1.807, 2.05) is 54.3 Å². The van der Waals surface area contributed by atoms with Crippen LogP contribution in [-0.4, -0.2) is 47.4 Å². The van der Waals surface area contributed by atoms with Crippen molar-refractivity contribution in [3.8, 4) is 16.2 Å². The van der Waals surface area contributed by atoms with Crippen molar-refractivity contribution in [1.82, 2.24) is 15.2 Å². The highest BCUT2D eigenvalue weighted by Crippen LogP contribution is 2.50. The zero-order valence-electron chi connectivity index (χ0n) is 18.7. The topological polar surface area (TPSA) is 71.5 Å². The Morgan fingerprint density at radius 2 is 2.06 bits per heavy atom. The number of piperidine rings is 1. The first-order valence-corrected chi connectivity index (χ1v) is 13.2. The van der Waals surface area contributed by atoms with Gasteiger partial charge < -0.3 is 15.0 Å². The fourth-order valence-electron chi connectivity index (χ4n) is 5.30. The SMILES string of the molecule is Cc1nc(C(=O)N2C[C@@H]3C[C@@H]3[C@H]2CNC(=O)c2cccc3c2CCO3)c(-c2ccc(Br)cc2)s1. The molecule has 3 aromatic rings. The van der Waals surface area contributed by atoms with E-state index in [9.17, 15) is 9.59 Å². The van der Waals surface area contributed by atoms with Crippen LogP contribution >= 0.6 is 27.3 Å². The Labute approximate surface area is 210 Å². The molecule has 0 radical (unpaired) electrons. The van der Waals surface area contributed by atoms with Crippen molar-refractivity contribution in [2.75, 3.05) is 19.7 Å². The third kappa shape index (κ3) is 3.82. The molecule has 0 unspecified atom stereocenters. The number of nitrogens with zero attached hydrogens (tertiary/aromatic N) is 2. The van der Waals surface area contributed by atoms with E-state index in [0.29, 0.717) is 36.2 Å². The maximum atomic E-state index is 13.7. The molecule has 3 aliphatic rings. The number of amides is 2. The molecule has 1 N–H and O–H groups in total. The summed E-state index contributed by atoms with van der Waals surface area (Å²) in [6.45, 7) is 3.73. The second-order valence-electron chi connectivity index (χ2n) is 9.19. The zero-order valence-corrected chi connectivity index (χ0v) is 21.1. The minimum atomic E-state index is -0.0982. The number of fused-ring (bicyclic) bond motifs is 2. The predicted octanol–water partition coefficient (Wildman–Crippen LogP) is 4.71. The van der Waals surface area contributed by atoms with Crippen molar-refractivity contribution in [3.63, 3.8) is 0 Å². The van der Waals surface area contributed by atoms with Gasteiger partial charge in [-0.1, -0.05) is 34.1 Å². The second-order valence-corrected chi connectivity index (χ2v) is 11.3. The van der Waals surface area contributed by atoms with Crippen molar-refractivity contribution >= 4 is 39.1 Å². The van der Waals surface area contributed by atoms with Gasteiger partial charge >= 0.3 is 0 Å². The zero-order chi connectivity index (χ0) is 23.4. The number of ether oxygens (including phenoxy) is 1. The first kappa shape index (κ1) is 21.8. The van der Waals surface area contributed by atoms with Gasteiger partial charge in [0.15, 0.2) is 0 Å². The smallest absolute Gasteiger partial charge is 0.274 e. The number of thiazole rings is 1. The molecule has 0 spiro atoms. The van der Waals surface area contributed by atoms with Gasteiger partial charge in [0, 0.05) is 35.1 Å². The first-order chi connectivity index (χ1) is 16.5. The normalized spacial score (nSPS) is 22.2. The summed E-state index contributed by atoms with van der Waals surface area (Å²) in [5, 5.41) is 3.98. The molecule has 6 rings (SSSR count). The lowest BCUT2D eigenvalue weighted by molar-refractivity contribution is 0.0690. The molecule has 174 valence electrons. The monoisotopic (exact) mass is 537 g/mol. The Morgan fingerprint density at radius 1 is 1.24 bits per heavy atom. The number of aryl methyl sites for hydroxylation is 1. The number of carbonyl (C=O) groups is 2. The summed E-state index contributed by atoms with van der Waals surface area (Å²) in [5.74, 6) is 1.63. The van der Waals surface area contributed by atoms with Gasteiger partial charge in [-0.05, 0) is 55.0 Å². The Kier molecular flexibility index (Phi) is 5.45. The number of halogens is 1. The number of rotatable bonds is 5. The molecule has 34 heavy (non-hydrogen) atoms. The molecule has 1 aromatic heterocycles. The third-order valence-electron chi connectivity index (χ3n) is 7.07. The lowest BCUT2D eigenvalue weighted by Gasteiger charge is -2.27. The molecular formula is C26H24BrN3O3S. The number of nitrogens with one attached hydrogen (secondary N) is 1. The van der Waals surface area contributed by atoms with Crippen molar-refractivity contribution in [1.29, 1.82) is 0 Å². The second kappa shape index (κ2) is 8.50. The standard InChI is InChI=1S/C26H24BrN3O3S/c1-14-29-23(24(34-14)15-5-7-17(27)8-6-15)26(32)30-13-16-11-20(16)21(30)12-28-25(31)19-3-2-4-22-18(19)9-10-33-22/h2-8,16,20-21H,9-13H2,1H3,(H,28,31)/t16-,20-,21+/m0/s1. The van der Waals surface area contributed by atoms with Crippen LogP contribution < -0.4 is 10.1 Å². The maximum Gasteiger partial charge on any atom is 0.274 e. The van der Waals surface area contributed by atoms with E-state index in [-0.39, 0.29) is 17.9 Å². The Bertz CT molecular complexity index is 1290. The van der Waals surface area contributed by atoms with Gasteiger partial charge in [0.25, 0.3) is 11.8 Å². The Hall–Kier alpha value is -2.71.